The normalized spacial score (nSPS) is 19.6. The van der Waals surface area contributed by atoms with Gasteiger partial charge in [-0.2, -0.15) is 0 Å². The van der Waals surface area contributed by atoms with E-state index in [1.165, 1.54) is 4.88 Å². The molecule has 1 unspecified atom stereocenters. The molecule has 0 spiro atoms. The van der Waals surface area contributed by atoms with Gasteiger partial charge in [-0.05, 0) is 18.4 Å². The van der Waals surface area contributed by atoms with E-state index in [2.05, 4.69) is 46.5 Å². The lowest BCUT2D eigenvalue weighted by Gasteiger charge is -2.37. The summed E-state index contributed by atoms with van der Waals surface area (Å²) in [6, 6.07) is 4.28. The Kier molecular flexibility index (Phi) is 10.7. The zero-order valence-corrected chi connectivity index (χ0v) is 20.7. The zero-order chi connectivity index (χ0) is 19.8. The quantitative estimate of drug-likeness (QED) is 0.343. The number of hydrogen-bond donors (Lipinski definition) is 1. The first-order chi connectivity index (χ1) is 13.7. The maximum Gasteiger partial charge on any atom is 0.236 e. The molecule has 2 saturated heterocycles. The molecule has 2 aliphatic rings. The molecule has 164 valence electrons. The lowest BCUT2D eigenvalue weighted by molar-refractivity contribution is -0.136. The highest BCUT2D eigenvalue weighted by Gasteiger charge is 2.24. The van der Waals surface area contributed by atoms with Crippen LogP contribution >= 0.6 is 35.3 Å². The number of guanidine groups is 1. The van der Waals surface area contributed by atoms with Gasteiger partial charge in [0, 0.05) is 56.6 Å². The standard InChI is InChI=1S/C20H33N5O2S.HI/c1-3-21-20(22-15-17(2)18-5-4-14-28-18)25-8-6-23(7-9-25)16-19(26)24-10-12-27-13-11-24;/h4-5,14,17H,3,6-13,15-16H2,1-2H3,(H,21,22);1H. The van der Waals surface area contributed by atoms with E-state index in [1.807, 2.05) is 4.90 Å². The van der Waals surface area contributed by atoms with Crippen molar-refractivity contribution in [3.63, 3.8) is 0 Å². The number of amides is 1. The first-order valence-corrected chi connectivity index (χ1v) is 11.2. The molecule has 2 aliphatic heterocycles. The van der Waals surface area contributed by atoms with Crippen LogP contribution in [0.15, 0.2) is 22.5 Å². The third kappa shape index (κ3) is 7.37. The van der Waals surface area contributed by atoms with Gasteiger partial charge in [0.15, 0.2) is 5.96 Å². The van der Waals surface area contributed by atoms with Gasteiger partial charge >= 0.3 is 0 Å². The van der Waals surface area contributed by atoms with E-state index in [-0.39, 0.29) is 29.9 Å². The van der Waals surface area contributed by atoms with Crippen LogP contribution in [0.1, 0.15) is 24.6 Å². The summed E-state index contributed by atoms with van der Waals surface area (Å²) < 4.78 is 5.33. The maximum absolute atomic E-state index is 12.5. The van der Waals surface area contributed by atoms with Crippen molar-refractivity contribution in [2.45, 2.75) is 19.8 Å². The molecule has 0 aliphatic carbocycles. The van der Waals surface area contributed by atoms with Crippen LogP contribution < -0.4 is 5.32 Å². The van der Waals surface area contributed by atoms with E-state index in [0.717, 1.165) is 58.3 Å². The molecule has 7 nitrogen and oxygen atoms in total. The Morgan fingerprint density at radius 2 is 1.93 bits per heavy atom. The van der Waals surface area contributed by atoms with Crippen LogP contribution in [0, 0.1) is 0 Å². The van der Waals surface area contributed by atoms with Crippen LogP contribution in [0.5, 0.6) is 0 Å². The number of aliphatic imine (C=N–C) groups is 1. The molecule has 3 heterocycles. The van der Waals surface area contributed by atoms with E-state index in [9.17, 15) is 4.79 Å². The summed E-state index contributed by atoms with van der Waals surface area (Å²) in [5.41, 5.74) is 0. The second kappa shape index (κ2) is 12.7. The molecule has 9 heteroatoms. The molecule has 0 aromatic carbocycles. The molecular weight excluding hydrogens is 501 g/mol. The fraction of sp³-hybridized carbons (Fsp3) is 0.700. The van der Waals surface area contributed by atoms with Gasteiger partial charge in [0.2, 0.25) is 5.91 Å². The maximum atomic E-state index is 12.5. The number of nitrogens with zero attached hydrogens (tertiary/aromatic N) is 4. The number of morpholine rings is 1. The van der Waals surface area contributed by atoms with Crippen LogP contribution in [-0.2, 0) is 9.53 Å². The van der Waals surface area contributed by atoms with Gasteiger partial charge in [-0.1, -0.05) is 13.0 Å². The number of thiophene rings is 1. The number of carbonyl (C=O) groups is 1. The Bertz CT molecular complexity index is 629. The van der Waals surface area contributed by atoms with Crippen molar-refractivity contribution in [2.75, 3.05) is 72.1 Å². The molecule has 1 atom stereocenters. The van der Waals surface area contributed by atoms with E-state index >= 15 is 0 Å². The summed E-state index contributed by atoms with van der Waals surface area (Å²) in [5, 5.41) is 5.56. The van der Waals surface area contributed by atoms with Crippen molar-refractivity contribution in [3.05, 3.63) is 22.4 Å². The largest absolute Gasteiger partial charge is 0.378 e. The van der Waals surface area contributed by atoms with Crippen molar-refractivity contribution in [1.82, 2.24) is 20.0 Å². The molecule has 2 fully saturated rings. The van der Waals surface area contributed by atoms with Crippen molar-refractivity contribution in [1.29, 1.82) is 0 Å². The SMILES string of the molecule is CCNC(=NCC(C)c1cccs1)N1CCN(CC(=O)N2CCOCC2)CC1.I. The second-order valence-electron chi connectivity index (χ2n) is 7.37. The van der Waals surface area contributed by atoms with Gasteiger partial charge in [0.05, 0.1) is 26.3 Å². The van der Waals surface area contributed by atoms with Gasteiger partial charge in [-0.15, -0.1) is 35.3 Å². The van der Waals surface area contributed by atoms with Crippen LogP contribution in [-0.4, -0.2) is 98.7 Å². The number of ether oxygens (including phenoxy) is 1. The third-order valence-corrected chi connectivity index (χ3v) is 6.38. The topological polar surface area (TPSA) is 60.4 Å². The lowest BCUT2D eigenvalue weighted by Crippen LogP contribution is -2.55. The molecule has 1 aromatic rings. The van der Waals surface area contributed by atoms with E-state index < -0.39 is 0 Å². The highest BCUT2D eigenvalue weighted by molar-refractivity contribution is 14.0. The number of hydrogen-bond acceptors (Lipinski definition) is 5. The average molecular weight is 535 g/mol. The molecule has 1 amide bonds. The summed E-state index contributed by atoms with van der Waals surface area (Å²) in [5.74, 6) is 1.65. The smallest absolute Gasteiger partial charge is 0.236 e. The molecule has 0 saturated carbocycles. The monoisotopic (exact) mass is 535 g/mol. The minimum Gasteiger partial charge on any atom is -0.378 e. The van der Waals surface area contributed by atoms with Crippen LogP contribution in [0.25, 0.3) is 0 Å². The molecule has 1 aromatic heterocycles. The summed E-state index contributed by atoms with van der Waals surface area (Å²) in [4.78, 5) is 25.2. The Hall–Kier alpha value is -0.910. The van der Waals surface area contributed by atoms with Crippen LogP contribution in [0.3, 0.4) is 0 Å². The minimum absolute atomic E-state index is 0. The van der Waals surface area contributed by atoms with Gasteiger partial charge in [0.1, 0.15) is 0 Å². The van der Waals surface area contributed by atoms with Crippen molar-refractivity contribution in [2.24, 2.45) is 4.99 Å². The third-order valence-electron chi connectivity index (χ3n) is 5.27. The summed E-state index contributed by atoms with van der Waals surface area (Å²) in [6.07, 6.45) is 0. The molecular formula is C20H34IN5O2S. The Morgan fingerprint density at radius 1 is 1.21 bits per heavy atom. The predicted octanol–water partition coefficient (Wildman–Crippen LogP) is 1.91. The van der Waals surface area contributed by atoms with Crippen LogP contribution in [0.2, 0.25) is 0 Å². The van der Waals surface area contributed by atoms with E-state index in [4.69, 9.17) is 9.73 Å². The van der Waals surface area contributed by atoms with Crippen molar-refractivity contribution >= 4 is 47.2 Å². The number of piperazine rings is 1. The van der Waals surface area contributed by atoms with E-state index in [0.29, 0.717) is 25.7 Å². The van der Waals surface area contributed by atoms with Gasteiger partial charge in [-0.25, -0.2) is 0 Å². The average Bonchev–Trinajstić information content (AvgIpc) is 3.27. The molecule has 0 radical (unpaired) electrons. The number of carbonyl (C=O) groups excluding carboxylic acids is 1. The van der Waals surface area contributed by atoms with Gasteiger partial charge in [-0.3, -0.25) is 14.7 Å². The van der Waals surface area contributed by atoms with Crippen molar-refractivity contribution < 1.29 is 9.53 Å². The Balaban J connectivity index is 0.00000300. The number of nitrogens with one attached hydrogen (secondary N) is 1. The zero-order valence-electron chi connectivity index (χ0n) is 17.5. The summed E-state index contributed by atoms with van der Waals surface area (Å²) >= 11 is 1.80. The molecule has 29 heavy (non-hydrogen) atoms. The fourth-order valence-electron chi connectivity index (χ4n) is 3.53. The summed E-state index contributed by atoms with van der Waals surface area (Å²) in [7, 11) is 0. The Labute approximate surface area is 195 Å². The fourth-order valence-corrected chi connectivity index (χ4v) is 4.31. The first-order valence-electron chi connectivity index (χ1n) is 10.3. The molecule has 3 rings (SSSR count). The highest BCUT2D eigenvalue weighted by atomic mass is 127. The minimum atomic E-state index is 0. The Morgan fingerprint density at radius 3 is 2.55 bits per heavy atom. The highest BCUT2D eigenvalue weighted by Crippen LogP contribution is 2.20. The van der Waals surface area contributed by atoms with Crippen LogP contribution in [0.4, 0.5) is 0 Å². The first kappa shape index (κ1) is 24.4. The number of halogens is 1. The predicted molar refractivity (Wildman–Crippen MR) is 130 cm³/mol. The lowest BCUT2D eigenvalue weighted by atomic mass is 10.1. The second-order valence-corrected chi connectivity index (χ2v) is 8.35. The molecule has 1 N–H and O–H groups in total. The van der Waals surface area contributed by atoms with E-state index in [1.54, 1.807) is 11.3 Å². The van der Waals surface area contributed by atoms with Gasteiger partial charge < -0.3 is 19.9 Å². The molecule has 0 bridgehead atoms. The van der Waals surface area contributed by atoms with Gasteiger partial charge in [0.25, 0.3) is 0 Å². The summed E-state index contributed by atoms with van der Waals surface area (Å²) in [6.45, 7) is 12.8. The van der Waals surface area contributed by atoms with Crippen molar-refractivity contribution in [3.8, 4) is 0 Å². The number of rotatable bonds is 6.